The fraction of sp³-hybridized carbons (Fsp3) is 0.280. The van der Waals surface area contributed by atoms with Crippen molar-refractivity contribution in [3.8, 4) is 16.8 Å². The fourth-order valence-corrected chi connectivity index (χ4v) is 4.88. The van der Waals surface area contributed by atoms with Crippen LogP contribution in [-0.4, -0.2) is 34.3 Å². The molecule has 5 rings (SSSR count). The molecule has 164 valence electrons. The van der Waals surface area contributed by atoms with Crippen molar-refractivity contribution in [2.75, 3.05) is 24.5 Å². The summed E-state index contributed by atoms with van der Waals surface area (Å²) in [6, 6.07) is 13.1. The predicted octanol–water partition coefficient (Wildman–Crippen LogP) is 5.57. The Morgan fingerprint density at radius 3 is 2.62 bits per heavy atom. The van der Waals surface area contributed by atoms with Crippen molar-refractivity contribution in [2.45, 2.75) is 20.8 Å². The summed E-state index contributed by atoms with van der Waals surface area (Å²) in [7, 11) is 0. The number of nitrogens with zero attached hydrogens (tertiary/aromatic N) is 4. The van der Waals surface area contributed by atoms with Gasteiger partial charge in [-0.3, -0.25) is 0 Å². The molecule has 0 bridgehead atoms. The van der Waals surface area contributed by atoms with Gasteiger partial charge in [-0.25, -0.2) is 4.98 Å². The fourth-order valence-electron chi connectivity index (χ4n) is 4.30. The van der Waals surface area contributed by atoms with Crippen LogP contribution in [0, 0.1) is 26.7 Å². The van der Waals surface area contributed by atoms with E-state index < -0.39 is 0 Å². The number of aromatic nitrogens is 3. The van der Waals surface area contributed by atoms with E-state index in [1.807, 2.05) is 30.9 Å². The van der Waals surface area contributed by atoms with Crippen LogP contribution < -0.4 is 10.2 Å². The third-order valence-corrected chi connectivity index (χ3v) is 6.79. The topological polar surface area (TPSA) is 59.1 Å². The molecule has 4 aromatic rings. The number of benzene rings is 2. The summed E-state index contributed by atoms with van der Waals surface area (Å²) in [4.78, 5) is 6.61. The standard InChI is InChI=1S/C25H26BrN5O/c1-16-4-5-20(25-17(2)29-32-18(25)3)10-24(16)31(14-19-12-28-13-19)21-6-7-23(22(26)11-21)30-9-8-27-15-30/h4-11,15,19,28H,12-14H2,1-3H3. The minimum absolute atomic E-state index is 0.615. The molecule has 2 aromatic heterocycles. The van der Waals surface area contributed by atoms with Crippen LogP contribution in [0.15, 0.2) is 64.1 Å². The zero-order valence-corrected chi connectivity index (χ0v) is 20.1. The molecule has 32 heavy (non-hydrogen) atoms. The van der Waals surface area contributed by atoms with Crippen molar-refractivity contribution in [2.24, 2.45) is 5.92 Å². The highest BCUT2D eigenvalue weighted by molar-refractivity contribution is 9.10. The first kappa shape index (κ1) is 21.0. The predicted molar refractivity (Wildman–Crippen MR) is 131 cm³/mol. The van der Waals surface area contributed by atoms with Crippen molar-refractivity contribution >= 4 is 27.3 Å². The molecule has 0 saturated carbocycles. The van der Waals surface area contributed by atoms with E-state index in [1.165, 1.54) is 11.3 Å². The monoisotopic (exact) mass is 491 g/mol. The lowest BCUT2D eigenvalue weighted by Crippen LogP contribution is -2.47. The Labute approximate surface area is 196 Å². The summed E-state index contributed by atoms with van der Waals surface area (Å²) in [6.45, 7) is 9.19. The second-order valence-corrected chi connectivity index (χ2v) is 9.30. The van der Waals surface area contributed by atoms with Gasteiger partial charge in [0.1, 0.15) is 5.76 Å². The maximum Gasteiger partial charge on any atom is 0.141 e. The minimum atomic E-state index is 0.615. The molecule has 3 heterocycles. The molecular weight excluding hydrogens is 466 g/mol. The summed E-state index contributed by atoms with van der Waals surface area (Å²) < 4.78 is 8.48. The molecule has 6 nitrogen and oxygen atoms in total. The Bertz CT molecular complexity index is 1220. The summed E-state index contributed by atoms with van der Waals surface area (Å²) in [5.41, 5.74) is 7.80. The Morgan fingerprint density at radius 1 is 1.16 bits per heavy atom. The number of aryl methyl sites for hydroxylation is 3. The van der Waals surface area contributed by atoms with Crippen LogP contribution >= 0.6 is 15.9 Å². The van der Waals surface area contributed by atoms with Gasteiger partial charge in [0.05, 0.1) is 17.7 Å². The number of rotatable bonds is 6. The lowest BCUT2D eigenvalue weighted by molar-refractivity contribution is 0.356. The second kappa shape index (κ2) is 8.56. The highest BCUT2D eigenvalue weighted by Gasteiger charge is 2.24. The number of hydrogen-bond acceptors (Lipinski definition) is 5. The number of imidazole rings is 1. The van der Waals surface area contributed by atoms with Crippen molar-refractivity contribution in [3.63, 3.8) is 0 Å². The first-order valence-electron chi connectivity index (χ1n) is 10.8. The van der Waals surface area contributed by atoms with Gasteiger partial charge >= 0.3 is 0 Å². The van der Waals surface area contributed by atoms with E-state index in [0.717, 1.165) is 58.1 Å². The zero-order valence-electron chi connectivity index (χ0n) is 18.5. The summed E-state index contributed by atoms with van der Waals surface area (Å²) in [6.07, 6.45) is 5.56. The molecule has 0 radical (unpaired) electrons. The Hall–Kier alpha value is -2.90. The third-order valence-electron chi connectivity index (χ3n) is 6.15. The Kier molecular flexibility index (Phi) is 5.61. The molecule has 1 aliphatic rings. The lowest BCUT2D eigenvalue weighted by atomic mass is 9.98. The van der Waals surface area contributed by atoms with Gasteiger partial charge in [0.15, 0.2) is 0 Å². The van der Waals surface area contributed by atoms with Gasteiger partial charge in [-0.2, -0.15) is 0 Å². The van der Waals surface area contributed by atoms with Gasteiger partial charge in [-0.1, -0.05) is 17.3 Å². The van der Waals surface area contributed by atoms with Crippen LogP contribution in [0.3, 0.4) is 0 Å². The van der Waals surface area contributed by atoms with Crippen molar-refractivity contribution < 1.29 is 4.52 Å². The van der Waals surface area contributed by atoms with Crippen LogP contribution in [0.2, 0.25) is 0 Å². The number of halogens is 1. The van der Waals surface area contributed by atoms with Gasteiger partial charge in [0.2, 0.25) is 0 Å². The summed E-state index contributed by atoms with van der Waals surface area (Å²) >= 11 is 3.78. The smallest absolute Gasteiger partial charge is 0.141 e. The maximum absolute atomic E-state index is 5.43. The number of hydrogen-bond donors (Lipinski definition) is 1. The van der Waals surface area contributed by atoms with E-state index in [1.54, 1.807) is 6.20 Å². The van der Waals surface area contributed by atoms with E-state index in [-0.39, 0.29) is 0 Å². The zero-order chi connectivity index (χ0) is 22.2. The quantitative estimate of drug-likeness (QED) is 0.381. The van der Waals surface area contributed by atoms with E-state index in [0.29, 0.717) is 5.92 Å². The van der Waals surface area contributed by atoms with E-state index in [4.69, 9.17) is 4.52 Å². The molecule has 0 aliphatic carbocycles. The van der Waals surface area contributed by atoms with Crippen LogP contribution in [-0.2, 0) is 0 Å². The molecule has 0 unspecified atom stereocenters. The van der Waals surface area contributed by atoms with Crippen molar-refractivity contribution in [1.82, 2.24) is 20.0 Å². The molecule has 1 N–H and O–H groups in total. The molecule has 1 saturated heterocycles. The Morgan fingerprint density at radius 2 is 2.00 bits per heavy atom. The molecule has 7 heteroatoms. The van der Waals surface area contributed by atoms with Gasteiger partial charge in [-0.05, 0) is 72.1 Å². The largest absolute Gasteiger partial charge is 0.361 e. The SMILES string of the molecule is Cc1ccc(-c2c(C)noc2C)cc1N(CC1CNC1)c1ccc(-n2ccnc2)c(Br)c1. The average Bonchev–Trinajstić information content (AvgIpc) is 3.38. The molecule has 0 spiro atoms. The van der Waals surface area contributed by atoms with E-state index in [9.17, 15) is 0 Å². The van der Waals surface area contributed by atoms with Crippen molar-refractivity contribution in [1.29, 1.82) is 0 Å². The second-order valence-electron chi connectivity index (χ2n) is 8.44. The normalized spacial score (nSPS) is 13.9. The molecule has 0 atom stereocenters. The molecule has 1 aliphatic heterocycles. The van der Waals surface area contributed by atoms with Crippen molar-refractivity contribution in [3.05, 3.63) is 76.6 Å². The summed E-state index contributed by atoms with van der Waals surface area (Å²) in [5.74, 6) is 1.46. The molecular formula is C25H26BrN5O. The molecule has 1 fully saturated rings. The van der Waals surface area contributed by atoms with Gasteiger partial charge in [0.25, 0.3) is 0 Å². The van der Waals surface area contributed by atoms with Crippen LogP contribution in [0.1, 0.15) is 17.0 Å². The first-order chi connectivity index (χ1) is 15.5. The van der Waals surface area contributed by atoms with Gasteiger partial charge in [-0.15, -0.1) is 0 Å². The van der Waals surface area contributed by atoms with Crippen LogP contribution in [0.25, 0.3) is 16.8 Å². The van der Waals surface area contributed by atoms with Gasteiger partial charge in [0, 0.05) is 59.4 Å². The molecule has 2 aromatic carbocycles. The highest BCUT2D eigenvalue weighted by Crippen LogP contribution is 2.37. The van der Waals surface area contributed by atoms with E-state index >= 15 is 0 Å². The maximum atomic E-state index is 5.43. The average molecular weight is 492 g/mol. The number of nitrogens with one attached hydrogen (secondary N) is 1. The highest BCUT2D eigenvalue weighted by atomic mass is 79.9. The number of anilines is 2. The minimum Gasteiger partial charge on any atom is -0.361 e. The van der Waals surface area contributed by atoms with Crippen LogP contribution in [0.4, 0.5) is 11.4 Å². The van der Waals surface area contributed by atoms with E-state index in [2.05, 4.69) is 79.6 Å². The molecule has 0 amide bonds. The lowest BCUT2D eigenvalue weighted by Gasteiger charge is -2.35. The third kappa shape index (κ3) is 3.87. The first-order valence-corrected chi connectivity index (χ1v) is 11.6. The van der Waals surface area contributed by atoms with Gasteiger partial charge < -0.3 is 19.3 Å². The Balaban J connectivity index is 1.58. The van der Waals surface area contributed by atoms with Crippen LogP contribution in [0.5, 0.6) is 0 Å². The summed E-state index contributed by atoms with van der Waals surface area (Å²) in [5, 5.41) is 7.56.